The maximum atomic E-state index is 12.3. The minimum atomic E-state index is -1.23. The van der Waals surface area contributed by atoms with Crippen LogP contribution in [0.3, 0.4) is 0 Å². The highest BCUT2D eigenvalue weighted by Crippen LogP contribution is 2.19. The molecule has 29 heavy (non-hydrogen) atoms. The van der Waals surface area contributed by atoms with Crippen molar-refractivity contribution in [2.24, 2.45) is 0 Å². The number of amides is 1. The van der Waals surface area contributed by atoms with Crippen LogP contribution < -0.4 is 5.32 Å². The minimum absolute atomic E-state index is 0.0689. The third kappa shape index (κ3) is 3.88. The molecule has 4 aromatic rings. The number of aromatic carboxylic acids is 1. The molecule has 9 nitrogen and oxygen atoms in total. The molecule has 0 radical (unpaired) electrons. The standard InChI is InChI=1S/C20H15N5O4/c26-19(17-5-6-18(29-17)20(27)28)22-11-14-3-1-2-4-16(14)25-12-15(23-24-25)13-7-9-21-10-8-13/h1-10,12H,11H2,(H,22,26)(H,27,28). The van der Waals surface area contributed by atoms with E-state index >= 15 is 0 Å². The molecule has 9 heteroatoms. The Kier molecular flexibility index (Phi) is 4.85. The number of rotatable bonds is 6. The van der Waals surface area contributed by atoms with E-state index in [4.69, 9.17) is 9.52 Å². The summed E-state index contributed by atoms with van der Waals surface area (Å²) in [4.78, 5) is 27.1. The summed E-state index contributed by atoms with van der Waals surface area (Å²) in [6.45, 7) is 0.197. The number of carbonyl (C=O) groups is 2. The van der Waals surface area contributed by atoms with Gasteiger partial charge in [0.1, 0.15) is 5.69 Å². The second-order valence-corrected chi connectivity index (χ2v) is 6.06. The van der Waals surface area contributed by atoms with Gasteiger partial charge in [0, 0.05) is 24.5 Å². The van der Waals surface area contributed by atoms with Crippen molar-refractivity contribution in [3.8, 4) is 16.9 Å². The number of aromatic nitrogens is 4. The number of hydrogen-bond donors (Lipinski definition) is 2. The van der Waals surface area contributed by atoms with Crippen LogP contribution in [0.5, 0.6) is 0 Å². The van der Waals surface area contributed by atoms with Gasteiger partial charge in [0.15, 0.2) is 5.76 Å². The average Bonchev–Trinajstić information content (AvgIpc) is 3.43. The molecule has 0 saturated carbocycles. The van der Waals surface area contributed by atoms with Gasteiger partial charge in [-0.3, -0.25) is 9.78 Å². The van der Waals surface area contributed by atoms with Crippen LogP contribution >= 0.6 is 0 Å². The fourth-order valence-electron chi connectivity index (χ4n) is 2.76. The second kappa shape index (κ2) is 7.77. The predicted octanol–water partition coefficient (Wildman–Crippen LogP) is 2.55. The summed E-state index contributed by atoms with van der Waals surface area (Å²) < 4.78 is 6.65. The van der Waals surface area contributed by atoms with Crippen molar-refractivity contribution in [1.29, 1.82) is 0 Å². The fourth-order valence-corrected chi connectivity index (χ4v) is 2.76. The van der Waals surface area contributed by atoms with E-state index in [0.29, 0.717) is 5.69 Å². The van der Waals surface area contributed by atoms with Gasteiger partial charge in [0.05, 0.1) is 11.9 Å². The molecular weight excluding hydrogens is 374 g/mol. The van der Waals surface area contributed by atoms with E-state index in [0.717, 1.165) is 16.8 Å². The summed E-state index contributed by atoms with van der Waals surface area (Å²) in [6, 6.07) is 13.7. The lowest BCUT2D eigenvalue weighted by molar-refractivity contribution is 0.0659. The first-order valence-corrected chi connectivity index (χ1v) is 8.64. The zero-order valence-corrected chi connectivity index (χ0v) is 15.0. The van der Waals surface area contributed by atoms with Crippen LogP contribution in [0.1, 0.15) is 26.7 Å². The predicted molar refractivity (Wildman–Crippen MR) is 101 cm³/mol. The summed E-state index contributed by atoms with van der Waals surface area (Å²) >= 11 is 0. The van der Waals surface area contributed by atoms with Crippen molar-refractivity contribution in [2.75, 3.05) is 0 Å². The average molecular weight is 389 g/mol. The highest BCUT2D eigenvalue weighted by molar-refractivity contribution is 5.93. The molecule has 3 heterocycles. The maximum absolute atomic E-state index is 12.3. The van der Waals surface area contributed by atoms with Crippen LogP contribution in [0.2, 0.25) is 0 Å². The molecule has 0 saturated heterocycles. The molecule has 0 aliphatic carbocycles. The number of carbonyl (C=O) groups excluding carboxylic acids is 1. The molecule has 1 aromatic carbocycles. The minimum Gasteiger partial charge on any atom is -0.475 e. The molecule has 2 N–H and O–H groups in total. The molecule has 0 atom stereocenters. The van der Waals surface area contributed by atoms with E-state index in [1.165, 1.54) is 12.1 Å². The highest BCUT2D eigenvalue weighted by Gasteiger charge is 2.15. The molecule has 0 bridgehead atoms. The van der Waals surface area contributed by atoms with E-state index in [1.807, 2.05) is 36.4 Å². The number of carboxylic acids is 1. The number of hydrogen-bond acceptors (Lipinski definition) is 6. The Morgan fingerprint density at radius 1 is 1.03 bits per heavy atom. The molecule has 144 valence electrons. The first-order chi connectivity index (χ1) is 14.1. The van der Waals surface area contributed by atoms with Gasteiger partial charge in [-0.2, -0.15) is 0 Å². The van der Waals surface area contributed by atoms with E-state index < -0.39 is 11.9 Å². The van der Waals surface area contributed by atoms with E-state index in [-0.39, 0.29) is 18.1 Å². The van der Waals surface area contributed by atoms with E-state index in [1.54, 1.807) is 23.3 Å². The molecule has 0 aliphatic heterocycles. The molecule has 1 amide bonds. The molecule has 0 aliphatic rings. The fraction of sp³-hybridized carbons (Fsp3) is 0.0500. The van der Waals surface area contributed by atoms with Gasteiger partial charge in [-0.1, -0.05) is 23.4 Å². The van der Waals surface area contributed by atoms with E-state index in [9.17, 15) is 9.59 Å². The first-order valence-electron chi connectivity index (χ1n) is 8.64. The molecule has 0 unspecified atom stereocenters. The zero-order chi connectivity index (χ0) is 20.2. The van der Waals surface area contributed by atoms with Gasteiger partial charge in [0.2, 0.25) is 5.76 Å². The van der Waals surface area contributed by atoms with Crippen molar-refractivity contribution < 1.29 is 19.1 Å². The Morgan fingerprint density at radius 3 is 2.55 bits per heavy atom. The number of pyridine rings is 1. The third-order valence-electron chi connectivity index (χ3n) is 4.19. The van der Waals surface area contributed by atoms with E-state index in [2.05, 4.69) is 20.6 Å². The molecule has 0 fully saturated rings. The molecule has 3 aromatic heterocycles. The smallest absolute Gasteiger partial charge is 0.371 e. The van der Waals surface area contributed by atoms with Gasteiger partial charge in [-0.25, -0.2) is 9.48 Å². The summed E-state index contributed by atoms with van der Waals surface area (Å²) in [5.74, 6) is -2.10. The Bertz CT molecular complexity index is 1170. The molecular formula is C20H15N5O4. The largest absolute Gasteiger partial charge is 0.475 e. The lowest BCUT2D eigenvalue weighted by atomic mass is 10.1. The monoisotopic (exact) mass is 389 g/mol. The van der Waals surface area contributed by atoms with Gasteiger partial charge >= 0.3 is 5.97 Å². The first kappa shape index (κ1) is 18.1. The second-order valence-electron chi connectivity index (χ2n) is 6.06. The van der Waals surface area contributed by atoms with Gasteiger partial charge in [-0.15, -0.1) is 5.10 Å². The Balaban J connectivity index is 1.52. The van der Waals surface area contributed by atoms with Crippen molar-refractivity contribution >= 4 is 11.9 Å². The third-order valence-corrected chi connectivity index (χ3v) is 4.19. The van der Waals surface area contributed by atoms with Crippen LogP contribution in [-0.2, 0) is 6.54 Å². The topological polar surface area (TPSA) is 123 Å². The quantitative estimate of drug-likeness (QED) is 0.519. The summed E-state index contributed by atoms with van der Waals surface area (Å²) in [5, 5.41) is 20.0. The lowest BCUT2D eigenvalue weighted by Crippen LogP contribution is -2.23. The van der Waals surface area contributed by atoms with Gasteiger partial charge < -0.3 is 14.8 Å². The molecule has 0 spiro atoms. The van der Waals surface area contributed by atoms with Crippen LogP contribution in [0.4, 0.5) is 0 Å². The van der Waals surface area contributed by atoms with Crippen LogP contribution in [0.25, 0.3) is 16.9 Å². The Morgan fingerprint density at radius 2 is 1.79 bits per heavy atom. The Labute approximate surface area is 164 Å². The highest BCUT2D eigenvalue weighted by atomic mass is 16.4. The number of benzene rings is 1. The van der Waals surface area contributed by atoms with Gasteiger partial charge in [-0.05, 0) is 35.9 Å². The normalized spacial score (nSPS) is 10.6. The SMILES string of the molecule is O=C(O)c1ccc(C(=O)NCc2ccccc2-n2cc(-c3ccncc3)nn2)o1. The lowest BCUT2D eigenvalue weighted by Gasteiger charge is -2.09. The zero-order valence-electron chi connectivity index (χ0n) is 15.0. The van der Waals surface area contributed by atoms with Crippen molar-refractivity contribution in [3.05, 3.63) is 84.2 Å². The molecule has 4 rings (SSSR count). The summed E-state index contributed by atoms with van der Waals surface area (Å²) in [6.07, 6.45) is 5.16. The van der Waals surface area contributed by atoms with Crippen LogP contribution in [0, 0.1) is 0 Å². The van der Waals surface area contributed by atoms with Crippen LogP contribution in [0.15, 0.2) is 71.5 Å². The number of carboxylic acid groups (broad SMARTS) is 1. The summed E-state index contributed by atoms with van der Waals surface area (Å²) in [5.41, 5.74) is 3.15. The summed E-state index contributed by atoms with van der Waals surface area (Å²) in [7, 11) is 0. The van der Waals surface area contributed by atoms with Crippen molar-refractivity contribution in [1.82, 2.24) is 25.3 Å². The maximum Gasteiger partial charge on any atom is 0.371 e. The number of para-hydroxylation sites is 1. The number of nitrogens with one attached hydrogen (secondary N) is 1. The van der Waals surface area contributed by atoms with Crippen LogP contribution in [-0.4, -0.2) is 37.0 Å². The number of nitrogens with zero attached hydrogens (tertiary/aromatic N) is 4. The number of furan rings is 1. The Hall–Kier alpha value is -4.27. The van der Waals surface area contributed by atoms with Gasteiger partial charge in [0.25, 0.3) is 5.91 Å². The van der Waals surface area contributed by atoms with Crippen molar-refractivity contribution in [3.63, 3.8) is 0 Å². The van der Waals surface area contributed by atoms with Crippen molar-refractivity contribution in [2.45, 2.75) is 6.54 Å².